The Labute approximate surface area is 169 Å². The molecule has 0 unspecified atom stereocenters. The van der Waals surface area contributed by atoms with E-state index in [1.807, 2.05) is 24.3 Å². The van der Waals surface area contributed by atoms with Crippen LogP contribution in [-0.2, 0) is 13.1 Å². The number of hydrogen-bond acceptors (Lipinski definition) is 0. The Morgan fingerprint density at radius 3 is 2.22 bits per heavy atom. The number of fused-ring (bicyclic) bond motifs is 1. The minimum absolute atomic E-state index is 0.638. The van der Waals surface area contributed by atoms with Crippen LogP contribution in [0.15, 0.2) is 67.0 Å². The van der Waals surface area contributed by atoms with Gasteiger partial charge in [0.25, 0.3) is 0 Å². The van der Waals surface area contributed by atoms with Crippen molar-refractivity contribution in [3.05, 3.63) is 99.3 Å². The first-order chi connectivity index (χ1) is 13.0. The highest BCUT2D eigenvalue weighted by Gasteiger charge is 2.19. The van der Waals surface area contributed by atoms with E-state index in [0.29, 0.717) is 16.6 Å². The van der Waals surface area contributed by atoms with E-state index in [1.54, 1.807) is 0 Å². The van der Waals surface area contributed by atoms with Crippen LogP contribution < -0.4 is 4.57 Å². The molecule has 0 aliphatic heterocycles. The van der Waals surface area contributed by atoms with E-state index in [2.05, 4.69) is 65.7 Å². The third kappa shape index (κ3) is 3.60. The largest absolute Gasteiger partial charge is 0.245 e. The topological polar surface area (TPSA) is 8.81 Å². The summed E-state index contributed by atoms with van der Waals surface area (Å²) in [6, 6.07) is 20.7. The van der Waals surface area contributed by atoms with Crippen molar-refractivity contribution in [3.63, 3.8) is 0 Å². The molecular formula is C23H21Cl2N2+. The fraction of sp³-hybridized carbons (Fsp3) is 0.174. The van der Waals surface area contributed by atoms with Crippen molar-refractivity contribution < 1.29 is 4.57 Å². The van der Waals surface area contributed by atoms with Crippen LogP contribution in [0.2, 0.25) is 10.0 Å². The molecule has 0 amide bonds. The van der Waals surface area contributed by atoms with Gasteiger partial charge >= 0.3 is 0 Å². The third-order valence-electron chi connectivity index (χ3n) is 5.07. The molecule has 0 atom stereocenters. The summed E-state index contributed by atoms with van der Waals surface area (Å²) in [4.78, 5) is 0. The smallest absolute Gasteiger partial charge is 0.226 e. The lowest BCUT2D eigenvalue weighted by Crippen LogP contribution is -2.32. The minimum Gasteiger partial charge on any atom is -0.226 e. The van der Waals surface area contributed by atoms with Gasteiger partial charge in [-0.25, -0.2) is 9.13 Å². The second-order valence-corrected chi connectivity index (χ2v) is 7.80. The Kier molecular flexibility index (Phi) is 4.94. The number of nitrogens with zero attached hydrogens (tertiary/aromatic N) is 2. The fourth-order valence-electron chi connectivity index (χ4n) is 3.42. The normalized spacial score (nSPS) is 11.3. The zero-order chi connectivity index (χ0) is 19.0. The summed E-state index contributed by atoms with van der Waals surface area (Å²) in [7, 11) is 0. The van der Waals surface area contributed by atoms with Gasteiger partial charge in [-0.15, -0.1) is 0 Å². The maximum absolute atomic E-state index is 6.42. The average Bonchev–Trinajstić information content (AvgIpc) is 2.96. The summed E-state index contributed by atoms with van der Waals surface area (Å²) in [5.41, 5.74) is 7.19. The minimum atomic E-state index is 0.638. The molecule has 0 bridgehead atoms. The van der Waals surface area contributed by atoms with Gasteiger partial charge in [-0.3, -0.25) is 0 Å². The van der Waals surface area contributed by atoms with E-state index in [1.165, 1.54) is 27.7 Å². The quantitative estimate of drug-likeness (QED) is 0.377. The molecule has 0 aliphatic rings. The van der Waals surface area contributed by atoms with Crippen LogP contribution in [0.1, 0.15) is 22.3 Å². The lowest BCUT2D eigenvalue weighted by Gasteiger charge is -2.05. The van der Waals surface area contributed by atoms with Crippen molar-refractivity contribution in [2.24, 2.45) is 0 Å². The van der Waals surface area contributed by atoms with Gasteiger partial charge in [0.1, 0.15) is 13.1 Å². The van der Waals surface area contributed by atoms with E-state index < -0.39 is 0 Å². The Morgan fingerprint density at radius 1 is 0.852 bits per heavy atom. The second kappa shape index (κ2) is 7.38. The first-order valence-electron chi connectivity index (χ1n) is 8.99. The van der Waals surface area contributed by atoms with Crippen molar-refractivity contribution in [2.45, 2.75) is 26.9 Å². The van der Waals surface area contributed by atoms with Crippen molar-refractivity contribution in [2.75, 3.05) is 0 Å². The van der Waals surface area contributed by atoms with Gasteiger partial charge in [-0.05, 0) is 54.8 Å². The summed E-state index contributed by atoms with van der Waals surface area (Å²) in [6.07, 6.45) is 2.16. The number of benzene rings is 3. The van der Waals surface area contributed by atoms with Crippen molar-refractivity contribution >= 4 is 34.2 Å². The zero-order valence-corrected chi connectivity index (χ0v) is 16.9. The van der Waals surface area contributed by atoms with Crippen LogP contribution in [-0.4, -0.2) is 4.57 Å². The van der Waals surface area contributed by atoms with Crippen molar-refractivity contribution in [1.29, 1.82) is 0 Å². The SMILES string of the molecule is Cc1cc2c(cc1C)[n+](Cc1ccccc1)cn2Cc1c(Cl)cccc1Cl. The number of imidazole rings is 1. The molecule has 0 aliphatic carbocycles. The monoisotopic (exact) mass is 395 g/mol. The molecule has 1 heterocycles. The first-order valence-corrected chi connectivity index (χ1v) is 9.75. The number of rotatable bonds is 4. The molecule has 0 saturated carbocycles. The predicted molar refractivity (Wildman–Crippen MR) is 113 cm³/mol. The Morgan fingerprint density at radius 2 is 1.52 bits per heavy atom. The number of halogens is 2. The Hall–Kier alpha value is -2.29. The molecule has 4 rings (SSSR count). The molecule has 0 spiro atoms. The lowest BCUT2D eigenvalue weighted by atomic mass is 10.1. The van der Waals surface area contributed by atoms with Crippen LogP contribution in [0.5, 0.6) is 0 Å². The predicted octanol–water partition coefficient (Wildman–Crippen LogP) is 5.95. The van der Waals surface area contributed by atoms with Crippen LogP contribution in [0.4, 0.5) is 0 Å². The molecular weight excluding hydrogens is 375 g/mol. The Balaban J connectivity index is 1.84. The van der Waals surface area contributed by atoms with E-state index in [0.717, 1.165) is 12.1 Å². The summed E-state index contributed by atoms with van der Waals surface area (Å²) < 4.78 is 4.53. The highest BCUT2D eigenvalue weighted by atomic mass is 35.5. The molecule has 2 nitrogen and oxygen atoms in total. The maximum atomic E-state index is 6.42. The van der Waals surface area contributed by atoms with Gasteiger partial charge < -0.3 is 0 Å². The number of hydrogen-bond donors (Lipinski definition) is 0. The lowest BCUT2D eigenvalue weighted by molar-refractivity contribution is -0.663. The number of aromatic nitrogens is 2. The summed E-state index contributed by atoms with van der Waals surface area (Å²) in [5.74, 6) is 0. The van der Waals surface area contributed by atoms with Crippen LogP contribution in [0.25, 0.3) is 11.0 Å². The van der Waals surface area contributed by atoms with Crippen LogP contribution in [0.3, 0.4) is 0 Å². The Bertz CT molecular complexity index is 1090. The molecule has 27 heavy (non-hydrogen) atoms. The van der Waals surface area contributed by atoms with Gasteiger partial charge in [-0.2, -0.15) is 0 Å². The molecule has 0 radical (unpaired) electrons. The van der Waals surface area contributed by atoms with Crippen LogP contribution in [0, 0.1) is 13.8 Å². The average molecular weight is 396 g/mol. The van der Waals surface area contributed by atoms with Gasteiger partial charge in [-0.1, -0.05) is 59.6 Å². The molecule has 0 saturated heterocycles. The van der Waals surface area contributed by atoms with Gasteiger partial charge in [0, 0.05) is 15.6 Å². The van der Waals surface area contributed by atoms with Gasteiger partial charge in [0.2, 0.25) is 6.33 Å². The van der Waals surface area contributed by atoms with Gasteiger partial charge in [0.15, 0.2) is 11.0 Å². The van der Waals surface area contributed by atoms with Gasteiger partial charge in [0.05, 0.1) is 0 Å². The maximum Gasteiger partial charge on any atom is 0.245 e. The van der Waals surface area contributed by atoms with E-state index in [9.17, 15) is 0 Å². The standard InChI is InChI=1S/C23H21Cl2N2/c1-16-11-22-23(12-17(16)2)27(14-19-20(24)9-6-10-21(19)25)15-26(22)13-18-7-4-3-5-8-18/h3-12,15H,13-14H2,1-2H3/q+1. The summed E-state index contributed by atoms with van der Waals surface area (Å²) in [6.45, 7) is 5.77. The number of aryl methyl sites for hydroxylation is 2. The highest BCUT2D eigenvalue weighted by molar-refractivity contribution is 6.36. The van der Waals surface area contributed by atoms with Crippen molar-refractivity contribution in [1.82, 2.24) is 4.57 Å². The van der Waals surface area contributed by atoms with Crippen LogP contribution >= 0.6 is 23.2 Å². The molecule has 0 fully saturated rings. The molecule has 1 aromatic heterocycles. The first kappa shape index (κ1) is 18.1. The molecule has 4 aromatic rings. The molecule has 136 valence electrons. The molecule has 0 N–H and O–H groups in total. The fourth-order valence-corrected chi connectivity index (χ4v) is 3.94. The summed E-state index contributed by atoms with van der Waals surface area (Å²) in [5, 5.41) is 1.39. The zero-order valence-electron chi connectivity index (χ0n) is 15.4. The van der Waals surface area contributed by atoms with E-state index >= 15 is 0 Å². The third-order valence-corrected chi connectivity index (χ3v) is 5.78. The second-order valence-electron chi connectivity index (χ2n) is 6.98. The summed E-state index contributed by atoms with van der Waals surface area (Å²) >= 11 is 12.8. The molecule has 3 aromatic carbocycles. The van der Waals surface area contributed by atoms with Crippen molar-refractivity contribution in [3.8, 4) is 0 Å². The van der Waals surface area contributed by atoms with E-state index in [4.69, 9.17) is 23.2 Å². The highest BCUT2D eigenvalue weighted by Crippen LogP contribution is 2.27. The molecule has 4 heteroatoms. The van der Waals surface area contributed by atoms with E-state index in [-0.39, 0.29) is 0 Å².